The van der Waals surface area contributed by atoms with Gasteiger partial charge >= 0.3 is 0 Å². The highest BCUT2D eigenvalue weighted by atomic mass is 35.5. The molecule has 1 N–H and O–H groups in total. The van der Waals surface area contributed by atoms with E-state index in [1.54, 1.807) is 7.11 Å². The smallest absolute Gasteiger partial charge is 0.142 e. The summed E-state index contributed by atoms with van der Waals surface area (Å²) in [6.45, 7) is 0. The van der Waals surface area contributed by atoms with E-state index in [1.165, 1.54) is 5.56 Å². The SMILES string of the molecule is COc1cccc2c1N[C@@H](c1ccc(Cl)cc1Cl)[C@H]1CC=C[C@H]21. The summed E-state index contributed by atoms with van der Waals surface area (Å²) in [7, 11) is 1.71. The van der Waals surface area contributed by atoms with Crippen molar-refractivity contribution in [1.82, 2.24) is 0 Å². The number of rotatable bonds is 2. The number of hydrogen-bond donors (Lipinski definition) is 1. The average Bonchev–Trinajstić information content (AvgIpc) is 3.04. The van der Waals surface area contributed by atoms with Crippen LogP contribution in [0.2, 0.25) is 10.0 Å². The number of halogens is 2. The summed E-state index contributed by atoms with van der Waals surface area (Å²) in [5, 5.41) is 5.04. The molecule has 0 saturated carbocycles. The minimum Gasteiger partial charge on any atom is -0.495 e. The van der Waals surface area contributed by atoms with E-state index in [-0.39, 0.29) is 6.04 Å². The van der Waals surface area contributed by atoms with Gasteiger partial charge in [0.2, 0.25) is 0 Å². The van der Waals surface area contributed by atoms with E-state index in [0.717, 1.165) is 23.4 Å². The second-order valence-corrected chi connectivity index (χ2v) is 6.91. The largest absolute Gasteiger partial charge is 0.495 e. The Morgan fingerprint density at radius 1 is 1.13 bits per heavy atom. The fourth-order valence-corrected chi connectivity index (χ4v) is 4.35. The molecule has 0 saturated heterocycles. The molecule has 118 valence electrons. The van der Waals surface area contributed by atoms with Crippen molar-refractivity contribution in [3.8, 4) is 5.75 Å². The topological polar surface area (TPSA) is 21.3 Å². The van der Waals surface area contributed by atoms with Gasteiger partial charge in [0.15, 0.2) is 0 Å². The van der Waals surface area contributed by atoms with Crippen LogP contribution in [0.3, 0.4) is 0 Å². The molecule has 0 spiro atoms. The lowest BCUT2D eigenvalue weighted by atomic mass is 9.77. The summed E-state index contributed by atoms with van der Waals surface area (Å²) < 4.78 is 5.55. The third-order valence-corrected chi connectivity index (χ3v) is 5.44. The van der Waals surface area contributed by atoms with Crippen LogP contribution < -0.4 is 10.1 Å². The molecule has 0 radical (unpaired) electrons. The summed E-state index contributed by atoms with van der Waals surface area (Å²) >= 11 is 12.5. The highest BCUT2D eigenvalue weighted by Crippen LogP contribution is 2.52. The number of methoxy groups -OCH3 is 1. The van der Waals surface area contributed by atoms with E-state index >= 15 is 0 Å². The van der Waals surface area contributed by atoms with Gasteiger partial charge in [-0.05, 0) is 41.7 Å². The van der Waals surface area contributed by atoms with E-state index in [2.05, 4.69) is 29.6 Å². The molecule has 2 aromatic carbocycles. The first kappa shape index (κ1) is 14.9. The molecule has 2 nitrogen and oxygen atoms in total. The Hall–Kier alpha value is -1.64. The number of anilines is 1. The quantitative estimate of drug-likeness (QED) is 0.691. The molecule has 0 aromatic heterocycles. The second-order valence-electron chi connectivity index (χ2n) is 6.07. The van der Waals surface area contributed by atoms with Crippen LogP contribution in [-0.2, 0) is 0 Å². The monoisotopic (exact) mass is 345 g/mol. The third-order valence-electron chi connectivity index (χ3n) is 4.88. The van der Waals surface area contributed by atoms with Crippen LogP contribution in [0, 0.1) is 5.92 Å². The molecular weight excluding hydrogens is 329 g/mol. The molecule has 2 aliphatic rings. The molecule has 1 heterocycles. The standard InChI is InChI=1S/C19H17Cl2NO/c1-23-17-7-3-6-14-12-4-2-5-13(12)18(22-19(14)17)15-9-8-11(20)10-16(15)21/h2-4,6-10,12-13,18,22H,5H2,1H3/t12-,13-,18+/m0/s1. The highest BCUT2D eigenvalue weighted by molar-refractivity contribution is 6.35. The number of allylic oxidation sites excluding steroid dienone is 2. The maximum atomic E-state index is 6.48. The van der Waals surface area contributed by atoms with Gasteiger partial charge < -0.3 is 10.1 Å². The van der Waals surface area contributed by atoms with Gasteiger partial charge in [-0.15, -0.1) is 0 Å². The Kier molecular flexibility index (Phi) is 3.74. The number of fused-ring (bicyclic) bond motifs is 3. The summed E-state index contributed by atoms with van der Waals surface area (Å²) in [5.41, 5.74) is 3.45. The molecule has 0 fully saturated rings. The van der Waals surface area contributed by atoms with Crippen LogP contribution in [0.25, 0.3) is 0 Å². The fourth-order valence-electron chi connectivity index (χ4n) is 3.82. The zero-order chi connectivity index (χ0) is 16.0. The van der Waals surface area contributed by atoms with E-state index in [0.29, 0.717) is 21.9 Å². The van der Waals surface area contributed by atoms with Crippen LogP contribution in [0.4, 0.5) is 5.69 Å². The Labute approximate surface area is 146 Å². The Bertz CT molecular complexity index is 787. The van der Waals surface area contributed by atoms with E-state index < -0.39 is 0 Å². The van der Waals surface area contributed by atoms with Crippen molar-refractivity contribution in [2.45, 2.75) is 18.4 Å². The van der Waals surface area contributed by atoms with Crippen molar-refractivity contribution in [3.63, 3.8) is 0 Å². The van der Waals surface area contributed by atoms with Gasteiger partial charge in [-0.2, -0.15) is 0 Å². The van der Waals surface area contributed by atoms with Crippen molar-refractivity contribution in [2.24, 2.45) is 5.92 Å². The van der Waals surface area contributed by atoms with Gasteiger partial charge in [-0.1, -0.05) is 53.6 Å². The molecule has 0 amide bonds. The minimum atomic E-state index is 0.142. The zero-order valence-electron chi connectivity index (χ0n) is 12.7. The lowest BCUT2D eigenvalue weighted by molar-refractivity contribution is 0.397. The van der Waals surface area contributed by atoms with E-state index in [4.69, 9.17) is 27.9 Å². The van der Waals surface area contributed by atoms with Crippen LogP contribution in [0.5, 0.6) is 5.75 Å². The predicted octanol–water partition coefficient (Wildman–Crippen LogP) is 5.83. The summed E-state index contributed by atoms with van der Waals surface area (Å²) in [4.78, 5) is 0. The summed E-state index contributed by atoms with van der Waals surface area (Å²) in [6, 6.07) is 12.1. The number of benzene rings is 2. The maximum absolute atomic E-state index is 6.48. The molecule has 3 atom stereocenters. The number of ether oxygens (including phenoxy) is 1. The Morgan fingerprint density at radius 2 is 2.00 bits per heavy atom. The second kappa shape index (κ2) is 5.77. The first-order valence-electron chi connectivity index (χ1n) is 7.74. The molecule has 4 rings (SSSR count). The molecule has 1 aliphatic heterocycles. The Morgan fingerprint density at radius 3 is 2.78 bits per heavy atom. The zero-order valence-corrected chi connectivity index (χ0v) is 14.2. The fraction of sp³-hybridized carbons (Fsp3) is 0.263. The Balaban J connectivity index is 1.83. The van der Waals surface area contributed by atoms with Gasteiger partial charge in [0.25, 0.3) is 0 Å². The number of para-hydroxylation sites is 1. The lowest BCUT2D eigenvalue weighted by Crippen LogP contribution is -2.29. The van der Waals surface area contributed by atoms with Crippen molar-refractivity contribution < 1.29 is 4.74 Å². The van der Waals surface area contributed by atoms with Crippen molar-refractivity contribution >= 4 is 28.9 Å². The van der Waals surface area contributed by atoms with Crippen LogP contribution >= 0.6 is 23.2 Å². The van der Waals surface area contributed by atoms with Crippen molar-refractivity contribution in [3.05, 3.63) is 69.7 Å². The third kappa shape index (κ3) is 2.41. The molecule has 1 aliphatic carbocycles. The molecular formula is C19H17Cl2NO. The van der Waals surface area contributed by atoms with Gasteiger partial charge in [0.05, 0.1) is 18.8 Å². The van der Waals surface area contributed by atoms with Crippen LogP contribution in [-0.4, -0.2) is 7.11 Å². The molecule has 4 heteroatoms. The lowest BCUT2D eigenvalue weighted by Gasteiger charge is -2.38. The molecule has 0 unspecified atom stereocenters. The van der Waals surface area contributed by atoms with Gasteiger partial charge in [0.1, 0.15) is 5.75 Å². The van der Waals surface area contributed by atoms with Gasteiger partial charge in [0, 0.05) is 16.0 Å². The summed E-state index contributed by atoms with van der Waals surface area (Å²) in [5.74, 6) is 1.71. The predicted molar refractivity (Wildman–Crippen MR) is 95.8 cm³/mol. The van der Waals surface area contributed by atoms with Gasteiger partial charge in [-0.25, -0.2) is 0 Å². The van der Waals surface area contributed by atoms with E-state index in [9.17, 15) is 0 Å². The maximum Gasteiger partial charge on any atom is 0.142 e. The minimum absolute atomic E-state index is 0.142. The highest BCUT2D eigenvalue weighted by Gasteiger charge is 2.39. The van der Waals surface area contributed by atoms with Gasteiger partial charge in [-0.3, -0.25) is 0 Å². The molecule has 23 heavy (non-hydrogen) atoms. The molecule has 2 aromatic rings. The molecule has 0 bridgehead atoms. The number of hydrogen-bond acceptors (Lipinski definition) is 2. The van der Waals surface area contributed by atoms with Crippen molar-refractivity contribution in [2.75, 3.05) is 12.4 Å². The summed E-state index contributed by atoms with van der Waals surface area (Å²) in [6.07, 6.45) is 5.61. The normalized spacial score (nSPS) is 24.7. The number of nitrogens with one attached hydrogen (secondary N) is 1. The average molecular weight is 346 g/mol. The van der Waals surface area contributed by atoms with Crippen LogP contribution in [0.15, 0.2) is 48.6 Å². The van der Waals surface area contributed by atoms with E-state index in [1.807, 2.05) is 24.3 Å². The van der Waals surface area contributed by atoms with Crippen molar-refractivity contribution in [1.29, 1.82) is 0 Å². The van der Waals surface area contributed by atoms with Crippen LogP contribution in [0.1, 0.15) is 29.5 Å². The first-order chi connectivity index (χ1) is 11.2. The first-order valence-corrected chi connectivity index (χ1v) is 8.49.